The minimum atomic E-state index is -0.916. The summed E-state index contributed by atoms with van der Waals surface area (Å²) in [6.45, 7) is 2.22. The lowest BCUT2D eigenvalue weighted by atomic mass is 9.97. The molecule has 0 saturated carbocycles. The minimum absolute atomic E-state index is 0.288. The van der Waals surface area contributed by atoms with E-state index >= 15 is 0 Å². The molecular formula is C22H21F2NO2. The quantitative estimate of drug-likeness (QED) is 0.683. The Morgan fingerprint density at radius 2 is 1.63 bits per heavy atom. The Morgan fingerprint density at radius 1 is 1.00 bits per heavy atom. The molecule has 0 aliphatic heterocycles. The van der Waals surface area contributed by atoms with E-state index in [0.717, 1.165) is 6.07 Å². The second kappa shape index (κ2) is 9.59. The van der Waals surface area contributed by atoms with Gasteiger partial charge in [-0.05, 0) is 35.7 Å². The van der Waals surface area contributed by atoms with Gasteiger partial charge in [0.05, 0.1) is 5.92 Å². The maximum absolute atomic E-state index is 13.6. The molecule has 0 bridgehead atoms. The molecule has 0 aliphatic carbocycles. The highest BCUT2D eigenvalue weighted by Gasteiger charge is 2.14. The van der Waals surface area contributed by atoms with Gasteiger partial charge in [-0.25, -0.2) is 8.78 Å². The Balaban J connectivity index is 0.000000273. The molecule has 3 aromatic rings. The van der Waals surface area contributed by atoms with E-state index in [9.17, 15) is 13.6 Å². The molecule has 3 nitrogen and oxygen atoms in total. The lowest BCUT2D eigenvalue weighted by molar-refractivity contribution is -0.138. The molecule has 3 rings (SSSR count). The molecule has 0 spiro atoms. The Kier molecular flexibility index (Phi) is 7.20. The smallest absolute Gasteiger partial charge is 0.310 e. The number of carboxylic acid groups (broad SMARTS) is 1. The first-order chi connectivity index (χ1) is 12.9. The number of benzene rings is 3. The molecule has 3 aromatic carbocycles. The van der Waals surface area contributed by atoms with Gasteiger partial charge in [0.2, 0.25) is 0 Å². The molecule has 3 N–H and O–H groups in total. The summed E-state index contributed by atoms with van der Waals surface area (Å²) in [7, 11) is 0. The molecule has 0 saturated heterocycles. The predicted molar refractivity (Wildman–Crippen MR) is 102 cm³/mol. The highest BCUT2D eigenvalue weighted by atomic mass is 19.1. The Bertz CT molecular complexity index is 881. The number of hydrogen-bond donors (Lipinski definition) is 2. The van der Waals surface area contributed by atoms with Crippen LogP contribution in [0.25, 0.3) is 11.1 Å². The Morgan fingerprint density at radius 3 is 2.11 bits per heavy atom. The summed E-state index contributed by atoms with van der Waals surface area (Å²) < 4.78 is 26.4. The SMILES string of the molecule is CC(C(=O)O)c1ccc(-c2ccc(F)cc2F)cc1.NCc1ccccc1. The summed E-state index contributed by atoms with van der Waals surface area (Å²) in [6, 6.07) is 19.9. The van der Waals surface area contributed by atoms with Crippen molar-refractivity contribution >= 4 is 5.97 Å². The summed E-state index contributed by atoms with van der Waals surface area (Å²) in [4.78, 5) is 10.8. The molecule has 0 amide bonds. The third-order valence-corrected chi connectivity index (χ3v) is 4.10. The molecule has 0 fully saturated rings. The van der Waals surface area contributed by atoms with E-state index in [1.165, 1.54) is 17.7 Å². The van der Waals surface area contributed by atoms with E-state index in [4.69, 9.17) is 10.8 Å². The van der Waals surface area contributed by atoms with Gasteiger partial charge in [0.15, 0.2) is 0 Å². The third-order valence-electron chi connectivity index (χ3n) is 4.10. The van der Waals surface area contributed by atoms with Crippen LogP contribution in [-0.4, -0.2) is 11.1 Å². The number of aliphatic carboxylic acids is 1. The molecular weight excluding hydrogens is 348 g/mol. The van der Waals surface area contributed by atoms with Crippen molar-refractivity contribution in [3.63, 3.8) is 0 Å². The van der Waals surface area contributed by atoms with Crippen LogP contribution in [-0.2, 0) is 11.3 Å². The van der Waals surface area contributed by atoms with Gasteiger partial charge in [-0.2, -0.15) is 0 Å². The minimum Gasteiger partial charge on any atom is -0.481 e. The number of nitrogens with two attached hydrogens (primary N) is 1. The van der Waals surface area contributed by atoms with Crippen LogP contribution in [0.15, 0.2) is 72.8 Å². The van der Waals surface area contributed by atoms with Crippen molar-refractivity contribution in [3.05, 3.63) is 95.6 Å². The topological polar surface area (TPSA) is 63.3 Å². The Labute approximate surface area is 157 Å². The summed E-state index contributed by atoms with van der Waals surface area (Å²) in [5, 5.41) is 8.89. The summed E-state index contributed by atoms with van der Waals surface area (Å²) in [6.07, 6.45) is 0. The van der Waals surface area contributed by atoms with Gasteiger partial charge in [0.1, 0.15) is 11.6 Å². The van der Waals surface area contributed by atoms with Crippen molar-refractivity contribution in [1.29, 1.82) is 0 Å². The maximum atomic E-state index is 13.6. The first-order valence-corrected chi connectivity index (χ1v) is 8.44. The number of hydrogen-bond acceptors (Lipinski definition) is 2. The van der Waals surface area contributed by atoms with Crippen molar-refractivity contribution < 1.29 is 18.7 Å². The molecule has 0 radical (unpaired) electrons. The standard InChI is InChI=1S/C15H12F2O2.C7H9N/c1-9(15(18)19)10-2-4-11(5-3-10)13-7-6-12(16)8-14(13)17;8-6-7-4-2-1-3-5-7/h2-9H,1H3,(H,18,19);1-5H,6,8H2. The molecule has 140 valence electrons. The second-order valence-corrected chi connectivity index (χ2v) is 6.00. The Hall–Kier alpha value is -3.05. The zero-order valence-electron chi connectivity index (χ0n) is 14.9. The number of rotatable bonds is 4. The van der Waals surface area contributed by atoms with Crippen LogP contribution >= 0.6 is 0 Å². The largest absolute Gasteiger partial charge is 0.481 e. The molecule has 5 heteroatoms. The van der Waals surface area contributed by atoms with Gasteiger partial charge in [0.25, 0.3) is 0 Å². The van der Waals surface area contributed by atoms with Crippen LogP contribution < -0.4 is 5.73 Å². The van der Waals surface area contributed by atoms with E-state index in [0.29, 0.717) is 17.7 Å². The first-order valence-electron chi connectivity index (χ1n) is 8.44. The molecule has 1 unspecified atom stereocenters. The van der Waals surface area contributed by atoms with Crippen molar-refractivity contribution in [2.45, 2.75) is 19.4 Å². The fraction of sp³-hybridized carbons (Fsp3) is 0.136. The molecule has 0 heterocycles. The van der Waals surface area contributed by atoms with Crippen molar-refractivity contribution in [3.8, 4) is 11.1 Å². The van der Waals surface area contributed by atoms with E-state index < -0.39 is 23.5 Å². The number of carbonyl (C=O) groups is 1. The van der Waals surface area contributed by atoms with Gasteiger partial charge in [-0.1, -0.05) is 54.6 Å². The zero-order chi connectivity index (χ0) is 19.8. The lowest BCUT2D eigenvalue weighted by Crippen LogP contribution is -2.06. The summed E-state index contributed by atoms with van der Waals surface area (Å²) >= 11 is 0. The van der Waals surface area contributed by atoms with Crippen molar-refractivity contribution in [2.24, 2.45) is 5.73 Å². The van der Waals surface area contributed by atoms with E-state index in [1.54, 1.807) is 31.2 Å². The highest BCUT2D eigenvalue weighted by molar-refractivity contribution is 5.76. The van der Waals surface area contributed by atoms with Gasteiger partial charge in [0, 0.05) is 18.2 Å². The van der Waals surface area contributed by atoms with Crippen LogP contribution in [0.4, 0.5) is 8.78 Å². The van der Waals surface area contributed by atoms with E-state index in [1.807, 2.05) is 30.3 Å². The van der Waals surface area contributed by atoms with Crippen LogP contribution in [0.5, 0.6) is 0 Å². The third kappa shape index (κ3) is 5.72. The number of carboxylic acids is 1. The molecule has 27 heavy (non-hydrogen) atoms. The maximum Gasteiger partial charge on any atom is 0.310 e. The summed E-state index contributed by atoms with van der Waals surface area (Å²) in [5.74, 6) is -2.80. The van der Waals surface area contributed by atoms with Crippen LogP contribution in [0.1, 0.15) is 24.0 Å². The number of halogens is 2. The average molecular weight is 369 g/mol. The normalized spacial score (nSPS) is 11.3. The fourth-order valence-electron chi connectivity index (χ4n) is 2.43. The monoisotopic (exact) mass is 369 g/mol. The average Bonchev–Trinajstić information content (AvgIpc) is 2.69. The van der Waals surface area contributed by atoms with Gasteiger partial charge >= 0.3 is 5.97 Å². The predicted octanol–water partition coefficient (Wildman–Crippen LogP) is 4.97. The molecule has 1 atom stereocenters. The van der Waals surface area contributed by atoms with Gasteiger partial charge in [-0.15, -0.1) is 0 Å². The van der Waals surface area contributed by atoms with E-state index in [-0.39, 0.29) is 5.56 Å². The molecule has 0 aromatic heterocycles. The van der Waals surface area contributed by atoms with Crippen LogP contribution in [0.2, 0.25) is 0 Å². The molecule has 0 aliphatic rings. The first kappa shape index (κ1) is 20.3. The summed E-state index contributed by atoms with van der Waals surface area (Å²) in [5.41, 5.74) is 8.05. The zero-order valence-corrected chi connectivity index (χ0v) is 14.9. The van der Waals surface area contributed by atoms with Gasteiger partial charge in [-0.3, -0.25) is 4.79 Å². The lowest BCUT2D eigenvalue weighted by Gasteiger charge is -2.08. The van der Waals surface area contributed by atoms with Crippen LogP contribution in [0.3, 0.4) is 0 Å². The fourth-order valence-corrected chi connectivity index (χ4v) is 2.43. The van der Waals surface area contributed by atoms with Crippen molar-refractivity contribution in [1.82, 2.24) is 0 Å². The van der Waals surface area contributed by atoms with E-state index in [2.05, 4.69) is 0 Å². The van der Waals surface area contributed by atoms with Gasteiger partial charge < -0.3 is 10.8 Å². The van der Waals surface area contributed by atoms with Crippen molar-refractivity contribution in [2.75, 3.05) is 0 Å². The highest BCUT2D eigenvalue weighted by Crippen LogP contribution is 2.25. The second-order valence-electron chi connectivity index (χ2n) is 6.00. The van der Waals surface area contributed by atoms with Crippen LogP contribution in [0, 0.1) is 11.6 Å².